The highest BCUT2D eigenvalue weighted by Crippen LogP contribution is 2.10. The van der Waals surface area contributed by atoms with E-state index >= 15 is 0 Å². The van der Waals surface area contributed by atoms with Gasteiger partial charge in [-0.3, -0.25) is 9.79 Å². The number of fused-ring (bicyclic) bond motifs is 1. The van der Waals surface area contributed by atoms with Crippen LogP contribution in [0.5, 0.6) is 0 Å². The number of rotatable bonds is 2. The first-order valence-corrected chi connectivity index (χ1v) is 6.02. The first-order valence-electron chi connectivity index (χ1n) is 5.03. The van der Waals surface area contributed by atoms with Gasteiger partial charge >= 0.3 is 0 Å². The summed E-state index contributed by atoms with van der Waals surface area (Å²) in [4.78, 5) is 22.7. The predicted molar refractivity (Wildman–Crippen MR) is 71.2 cm³/mol. The molecule has 0 fully saturated rings. The maximum absolute atomic E-state index is 11.7. The topological polar surface area (TPSA) is 84.1 Å². The number of aromatic nitrogens is 2. The van der Waals surface area contributed by atoms with Crippen LogP contribution in [0, 0.1) is 0 Å². The fraction of sp³-hybridized carbons (Fsp3) is 0.182. The van der Waals surface area contributed by atoms with Crippen LogP contribution >= 0.6 is 11.8 Å². The van der Waals surface area contributed by atoms with Crippen LogP contribution in [0.2, 0.25) is 0 Å². The monoisotopic (exact) mass is 248 g/mol. The number of H-pyrrole nitrogens is 1. The molecule has 0 amide bonds. The third-order valence-electron chi connectivity index (χ3n) is 2.24. The number of hydrogen-bond acceptors (Lipinski definition) is 4. The Balaban J connectivity index is 2.34. The minimum absolute atomic E-state index is 0.127. The number of nitrogens with two attached hydrogens (primary N) is 1. The molecule has 0 aliphatic heterocycles. The molecular weight excluding hydrogens is 236 g/mol. The molecule has 2 aromatic rings. The Kier molecular flexibility index (Phi) is 3.43. The number of nitrogens with one attached hydrogen (secondary N) is 1. The zero-order valence-electron chi connectivity index (χ0n) is 9.30. The van der Waals surface area contributed by atoms with Gasteiger partial charge < -0.3 is 10.7 Å². The van der Waals surface area contributed by atoms with E-state index in [1.165, 1.54) is 11.8 Å². The van der Waals surface area contributed by atoms with E-state index < -0.39 is 0 Å². The number of thioether (sulfide) groups is 1. The fourth-order valence-corrected chi connectivity index (χ4v) is 1.96. The van der Waals surface area contributed by atoms with Crippen molar-refractivity contribution in [1.29, 1.82) is 0 Å². The number of hydrogen-bond donors (Lipinski definition) is 2. The molecule has 88 valence electrons. The highest BCUT2D eigenvalue weighted by molar-refractivity contribution is 8.13. The Morgan fingerprint density at radius 2 is 2.29 bits per heavy atom. The van der Waals surface area contributed by atoms with Crippen molar-refractivity contribution in [3.8, 4) is 0 Å². The summed E-state index contributed by atoms with van der Waals surface area (Å²) in [7, 11) is 1.62. The summed E-state index contributed by atoms with van der Waals surface area (Å²) in [6.45, 7) is 0. The second-order valence-electron chi connectivity index (χ2n) is 3.38. The molecule has 0 aliphatic carbocycles. The minimum Gasteiger partial charge on any atom is -0.379 e. The Bertz CT molecular complexity index is 620. The Morgan fingerprint density at radius 1 is 1.53 bits per heavy atom. The molecule has 1 aromatic heterocycles. The van der Waals surface area contributed by atoms with Crippen LogP contribution < -0.4 is 11.3 Å². The zero-order chi connectivity index (χ0) is 12.3. The Labute approximate surface area is 102 Å². The highest BCUT2D eigenvalue weighted by Gasteiger charge is 2.03. The van der Waals surface area contributed by atoms with Gasteiger partial charge in [0.2, 0.25) is 0 Å². The van der Waals surface area contributed by atoms with Gasteiger partial charge in [0.25, 0.3) is 5.56 Å². The molecule has 0 saturated carbocycles. The lowest BCUT2D eigenvalue weighted by Crippen LogP contribution is -2.13. The van der Waals surface area contributed by atoms with Crippen LogP contribution in [0.1, 0.15) is 5.82 Å². The molecule has 0 radical (unpaired) electrons. The lowest BCUT2D eigenvalue weighted by atomic mass is 10.2. The van der Waals surface area contributed by atoms with Crippen LogP contribution in [0.4, 0.5) is 0 Å². The van der Waals surface area contributed by atoms with Crippen molar-refractivity contribution in [3.05, 3.63) is 40.4 Å². The molecule has 1 aromatic carbocycles. The molecular formula is C11H12N4OS. The van der Waals surface area contributed by atoms with Gasteiger partial charge in [-0.1, -0.05) is 23.9 Å². The fourth-order valence-electron chi connectivity index (χ4n) is 1.41. The molecule has 0 bridgehead atoms. The molecule has 1 heterocycles. The summed E-state index contributed by atoms with van der Waals surface area (Å²) < 4.78 is 0. The van der Waals surface area contributed by atoms with Gasteiger partial charge in [-0.05, 0) is 12.1 Å². The first kappa shape index (κ1) is 11.7. The van der Waals surface area contributed by atoms with Gasteiger partial charge in [0, 0.05) is 7.05 Å². The highest BCUT2D eigenvalue weighted by atomic mass is 32.2. The van der Waals surface area contributed by atoms with Crippen LogP contribution in [-0.2, 0) is 5.75 Å². The minimum atomic E-state index is -0.127. The van der Waals surface area contributed by atoms with Crippen LogP contribution in [0.3, 0.4) is 0 Å². The zero-order valence-corrected chi connectivity index (χ0v) is 10.1. The molecule has 0 aliphatic rings. The number of aromatic amines is 1. The van der Waals surface area contributed by atoms with Crippen molar-refractivity contribution in [2.24, 2.45) is 10.7 Å². The second-order valence-corrected chi connectivity index (χ2v) is 4.38. The van der Waals surface area contributed by atoms with Crippen molar-refractivity contribution >= 4 is 27.8 Å². The van der Waals surface area contributed by atoms with Crippen molar-refractivity contribution in [2.75, 3.05) is 7.05 Å². The number of amidine groups is 1. The van der Waals surface area contributed by atoms with Gasteiger partial charge in [-0.25, -0.2) is 4.98 Å². The summed E-state index contributed by atoms with van der Waals surface area (Å²) >= 11 is 1.34. The van der Waals surface area contributed by atoms with Crippen molar-refractivity contribution in [1.82, 2.24) is 9.97 Å². The number of nitrogens with zero attached hydrogens (tertiary/aromatic N) is 2. The van der Waals surface area contributed by atoms with Crippen molar-refractivity contribution in [2.45, 2.75) is 5.75 Å². The van der Waals surface area contributed by atoms with Gasteiger partial charge in [-0.15, -0.1) is 0 Å². The van der Waals surface area contributed by atoms with Gasteiger partial charge in [-0.2, -0.15) is 0 Å². The van der Waals surface area contributed by atoms with Crippen LogP contribution in [0.25, 0.3) is 10.9 Å². The second kappa shape index (κ2) is 5.01. The lowest BCUT2D eigenvalue weighted by Gasteiger charge is -2.02. The van der Waals surface area contributed by atoms with E-state index in [1.54, 1.807) is 13.1 Å². The molecule has 0 saturated heterocycles. The van der Waals surface area contributed by atoms with Crippen molar-refractivity contribution < 1.29 is 0 Å². The lowest BCUT2D eigenvalue weighted by molar-refractivity contribution is 1.04. The largest absolute Gasteiger partial charge is 0.379 e. The maximum atomic E-state index is 11.7. The van der Waals surface area contributed by atoms with E-state index in [2.05, 4.69) is 15.0 Å². The summed E-state index contributed by atoms with van der Waals surface area (Å²) in [5.41, 5.74) is 6.13. The standard InChI is InChI=1S/C11H12N4OS/c1-13-11(12)17-6-9-14-8-5-3-2-4-7(8)10(16)15-9/h2-5H,6H2,1H3,(H2,12,13)(H,14,15,16). The van der Waals surface area contributed by atoms with E-state index in [0.717, 1.165) is 0 Å². The predicted octanol–water partition coefficient (Wildman–Crippen LogP) is 1.10. The molecule has 0 atom stereocenters. The average molecular weight is 248 g/mol. The SMILES string of the molecule is CN=C(N)SCc1nc2ccccc2c(=O)[nH]1. The van der Waals surface area contributed by atoms with Gasteiger partial charge in [0.05, 0.1) is 16.7 Å². The molecule has 2 rings (SSSR count). The van der Waals surface area contributed by atoms with E-state index in [9.17, 15) is 4.79 Å². The van der Waals surface area contributed by atoms with E-state index in [0.29, 0.717) is 27.6 Å². The quantitative estimate of drug-likeness (QED) is 0.615. The smallest absolute Gasteiger partial charge is 0.258 e. The maximum Gasteiger partial charge on any atom is 0.258 e. The number of para-hydroxylation sites is 1. The first-order chi connectivity index (χ1) is 8.20. The van der Waals surface area contributed by atoms with E-state index in [-0.39, 0.29) is 5.56 Å². The summed E-state index contributed by atoms with van der Waals surface area (Å²) in [6, 6.07) is 7.24. The summed E-state index contributed by atoms with van der Waals surface area (Å²) in [5.74, 6) is 1.11. The third kappa shape index (κ3) is 2.65. The average Bonchev–Trinajstić information content (AvgIpc) is 2.36. The molecule has 0 spiro atoms. The Hall–Kier alpha value is -1.82. The Morgan fingerprint density at radius 3 is 3.06 bits per heavy atom. The molecule has 3 N–H and O–H groups in total. The van der Waals surface area contributed by atoms with E-state index in [1.807, 2.05) is 18.2 Å². The van der Waals surface area contributed by atoms with Gasteiger partial charge in [0.1, 0.15) is 5.82 Å². The third-order valence-corrected chi connectivity index (χ3v) is 3.14. The number of aliphatic imine (C=N–C) groups is 1. The van der Waals surface area contributed by atoms with E-state index in [4.69, 9.17) is 5.73 Å². The molecule has 6 heteroatoms. The van der Waals surface area contributed by atoms with Gasteiger partial charge in [0.15, 0.2) is 5.17 Å². The molecule has 0 unspecified atom stereocenters. The molecule has 5 nitrogen and oxygen atoms in total. The van der Waals surface area contributed by atoms with Crippen LogP contribution in [-0.4, -0.2) is 22.2 Å². The van der Waals surface area contributed by atoms with Crippen molar-refractivity contribution in [3.63, 3.8) is 0 Å². The summed E-state index contributed by atoms with van der Waals surface area (Å²) in [5, 5.41) is 1.07. The normalized spacial score (nSPS) is 11.9. The molecule has 17 heavy (non-hydrogen) atoms. The number of benzene rings is 1. The summed E-state index contributed by atoms with van der Waals surface area (Å²) in [6.07, 6.45) is 0. The van der Waals surface area contributed by atoms with Crippen LogP contribution in [0.15, 0.2) is 34.1 Å².